The molecule has 4 heteroatoms. The van der Waals surface area contributed by atoms with Crippen LogP contribution in [0.25, 0.3) is 0 Å². The minimum atomic E-state index is -0.466. The van der Waals surface area contributed by atoms with Crippen LogP contribution >= 0.6 is 0 Å². The number of hydrogen-bond donors (Lipinski definition) is 3. The molecule has 0 aliphatic rings. The van der Waals surface area contributed by atoms with Gasteiger partial charge in [-0.25, -0.2) is 0 Å². The van der Waals surface area contributed by atoms with Gasteiger partial charge >= 0.3 is 0 Å². The predicted molar refractivity (Wildman–Crippen MR) is 73.9 cm³/mol. The SMILES string of the molecule is CCC(NC(=O)[C@H](N)CCCN)c1ccccc1. The van der Waals surface area contributed by atoms with E-state index in [1.54, 1.807) is 0 Å². The number of carbonyl (C=O) groups is 1. The summed E-state index contributed by atoms with van der Waals surface area (Å²) < 4.78 is 0. The van der Waals surface area contributed by atoms with E-state index in [1.165, 1.54) is 0 Å². The normalized spacial score (nSPS) is 13.9. The van der Waals surface area contributed by atoms with Crippen LogP contribution in [0.4, 0.5) is 0 Å². The molecule has 0 heterocycles. The maximum atomic E-state index is 11.9. The number of rotatable bonds is 7. The van der Waals surface area contributed by atoms with Crippen LogP contribution in [0.3, 0.4) is 0 Å². The number of amides is 1. The zero-order chi connectivity index (χ0) is 13.4. The summed E-state index contributed by atoms with van der Waals surface area (Å²) in [6.45, 7) is 2.61. The van der Waals surface area contributed by atoms with Gasteiger partial charge in [-0.2, -0.15) is 0 Å². The Balaban J connectivity index is 2.56. The smallest absolute Gasteiger partial charge is 0.237 e. The highest BCUT2D eigenvalue weighted by Crippen LogP contribution is 2.16. The second-order valence-corrected chi connectivity index (χ2v) is 4.42. The molecule has 1 unspecified atom stereocenters. The van der Waals surface area contributed by atoms with Gasteiger partial charge in [0.25, 0.3) is 0 Å². The molecule has 0 saturated carbocycles. The molecule has 0 radical (unpaired) electrons. The fourth-order valence-corrected chi connectivity index (χ4v) is 1.85. The van der Waals surface area contributed by atoms with Gasteiger partial charge in [0.2, 0.25) is 5.91 Å². The molecular formula is C14H23N3O. The molecule has 1 rings (SSSR count). The van der Waals surface area contributed by atoms with Crippen molar-refractivity contribution in [1.29, 1.82) is 0 Å². The minimum Gasteiger partial charge on any atom is -0.348 e. The molecule has 0 saturated heterocycles. The number of nitrogens with one attached hydrogen (secondary N) is 1. The summed E-state index contributed by atoms with van der Waals surface area (Å²) >= 11 is 0. The molecule has 0 aliphatic carbocycles. The van der Waals surface area contributed by atoms with E-state index in [1.807, 2.05) is 37.3 Å². The lowest BCUT2D eigenvalue weighted by Gasteiger charge is -2.20. The van der Waals surface area contributed by atoms with Gasteiger partial charge < -0.3 is 16.8 Å². The lowest BCUT2D eigenvalue weighted by atomic mass is 10.0. The van der Waals surface area contributed by atoms with E-state index in [-0.39, 0.29) is 11.9 Å². The van der Waals surface area contributed by atoms with Crippen molar-refractivity contribution in [3.8, 4) is 0 Å². The van der Waals surface area contributed by atoms with Crippen molar-refractivity contribution in [3.63, 3.8) is 0 Å². The zero-order valence-electron chi connectivity index (χ0n) is 10.9. The van der Waals surface area contributed by atoms with Gasteiger partial charge in [-0.3, -0.25) is 4.79 Å². The molecule has 1 aromatic carbocycles. The van der Waals surface area contributed by atoms with Gasteiger partial charge in [-0.15, -0.1) is 0 Å². The Morgan fingerprint density at radius 3 is 2.56 bits per heavy atom. The maximum Gasteiger partial charge on any atom is 0.237 e. The van der Waals surface area contributed by atoms with E-state index in [4.69, 9.17) is 11.5 Å². The first-order valence-corrected chi connectivity index (χ1v) is 6.50. The zero-order valence-corrected chi connectivity index (χ0v) is 10.9. The van der Waals surface area contributed by atoms with Crippen molar-refractivity contribution in [1.82, 2.24) is 5.32 Å². The Kier molecular flexibility index (Phi) is 6.39. The first-order chi connectivity index (χ1) is 8.69. The molecule has 2 atom stereocenters. The first-order valence-electron chi connectivity index (χ1n) is 6.50. The number of hydrogen-bond acceptors (Lipinski definition) is 3. The second kappa shape index (κ2) is 7.84. The Bertz CT molecular complexity index is 353. The molecule has 100 valence electrons. The van der Waals surface area contributed by atoms with Gasteiger partial charge in [0, 0.05) is 0 Å². The quantitative estimate of drug-likeness (QED) is 0.681. The summed E-state index contributed by atoms with van der Waals surface area (Å²) in [6.07, 6.45) is 2.25. The number of nitrogens with two attached hydrogens (primary N) is 2. The van der Waals surface area contributed by atoms with E-state index in [0.717, 1.165) is 18.4 Å². The Labute approximate surface area is 109 Å². The highest BCUT2D eigenvalue weighted by molar-refractivity contribution is 5.81. The largest absolute Gasteiger partial charge is 0.348 e. The van der Waals surface area contributed by atoms with Crippen molar-refractivity contribution in [3.05, 3.63) is 35.9 Å². The summed E-state index contributed by atoms with van der Waals surface area (Å²) in [7, 11) is 0. The van der Waals surface area contributed by atoms with Crippen molar-refractivity contribution in [2.45, 2.75) is 38.3 Å². The highest BCUT2D eigenvalue weighted by Gasteiger charge is 2.17. The second-order valence-electron chi connectivity index (χ2n) is 4.42. The highest BCUT2D eigenvalue weighted by atomic mass is 16.2. The van der Waals surface area contributed by atoms with Crippen molar-refractivity contribution >= 4 is 5.91 Å². The van der Waals surface area contributed by atoms with Crippen LogP contribution in [0.5, 0.6) is 0 Å². The standard InChI is InChI=1S/C14H23N3O/c1-2-13(11-7-4-3-5-8-11)17-14(18)12(16)9-6-10-15/h3-5,7-8,12-13H,2,6,9-10,15-16H2,1H3,(H,17,18)/t12-,13?/m1/s1. The van der Waals surface area contributed by atoms with E-state index in [9.17, 15) is 4.79 Å². The molecule has 1 aromatic rings. The van der Waals surface area contributed by atoms with Gasteiger partial charge in [0.15, 0.2) is 0 Å². The molecule has 0 fully saturated rings. The van der Waals surface area contributed by atoms with Gasteiger partial charge in [-0.1, -0.05) is 37.3 Å². The third-order valence-electron chi connectivity index (χ3n) is 2.98. The Morgan fingerprint density at radius 1 is 1.33 bits per heavy atom. The van der Waals surface area contributed by atoms with Crippen LogP contribution in [0.2, 0.25) is 0 Å². The predicted octanol–water partition coefficient (Wildman–Crippen LogP) is 1.32. The van der Waals surface area contributed by atoms with Gasteiger partial charge in [0.1, 0.15) is 0 Å². The summed E-state index contributed by atoms with van der Waals surface area (Å²) in [5.41, 5.74) is 12.3. The fraction of sp³-hybridized carbons (Fsp3) is 0.500. The average molecular weight is 249 g/mol. The third kappa shape index (κ3) is 4.47. The Morgan fingerprint density at radius 2 is 2.00 bits per heavy atom. The monoisotopic (exact) mass is 249 g/mol. The maximum absolute atomic E-state index is 11.9. The lowest BCUT2D eigenvalue weighted by Crippen LogP contribution is -2.42. The third-order valence-corrected chi connectivity index (χ3v) is 2.98. The number of carbonyl (C=O) groups excluding carboxylic acids is 1. The molecule has 0 aromatic heterocycles. The fourth-order valence-electron chi connectivity index (χ4n) is 1.85. The van der Waals surface area contributed by atoms with Crippen LogP contribution in [-0.2, 0) is 4.79 Å². The molecule has 0 spiro atoms. The minimum absolute atomic E-state index is 0.0302. The van der Waals surface area contributed by atoms with Crippen LogP contribution < -0.4 is 16.8 Å². The van der Waals surface area contributed by atoms with Crippen LogP contribution in [0.1, 0.15) is 37.8 Å². The van der Waals surface area contributed by atoms with Gasteiger partial charge in [0.05, 0.1) is 12.1 Å². The van der Waals surface area contributed by atoms with E-state index >= 15 is 0 Å². The van der Waals surface area contributed by atoms with Crippen LogP contribution in [-0.4, -0.2) is 18.5 Å². The van der Waals surface area contributed by atoms with Gasteiger partial charge in [-0.05, 0) is 31.4 Å². The molecule has 0 bridgehead atoms. The van der Waals surface area contributed by atoms with Crippen molar-refractivity contribution in [2.24, 2.45) is 11.5 Å². The van der Waals surface area contributed by atoms with E-state index in [2.05, 4.69) is 5.32 Å². The summed E-state index contributed by atoms with van der Waals surface area (Å²) in [5, 5.41) is 2.99. The molecular weight excluding hydrogens is 226 g/mol. The molecule has 5 N–H and O–H groups in total. The number of benzene rings is 1. The van der Waals surface area contributed by atoms with Crippen molar-refractivity contribution < 1.29 is 4.79 Å². The van der Waals surface area contributed by atoms with E-state index in [0.29, 0.717) is 13.0 Å². The molecule has 4 nitrogen and oxygen atoms in total. The average Bonchev–Trinajstić information content (AvgIpc) is 2.42. The lowest BCUT2D eigenvalue weighted by molar-refractivity contribution is -0.123. The molecule has 18 heavy (non-hydrogen) atoms. The topological polar surface area (TPSA) is 81.1 Å². The summed E-state index contributed by atoms with van der Waals surface area (Å²) in [4.78, 5) is 11.9. The summed E-state index contributed by atoms with van der Waals surface area (Å²) in [5.74, 6) is -0.0980. The molecule has 1 amide bonds. The van der Waals surface area contributed by atoms with Crippen LogP contribution in [0, 0.1) is 0 Å². The van der Waals surface area contributed by atoms with Crippen LogP contribution in [0.15, 0.2) is 30.3 Å². The Hall–Kier alpha value is -1.39. The van der Waals surface area contributed by atoms with E-state index < -0.39 is 6.04 Å². The molecule has 0 aliphatic heterocycles. The summed E-state index contributed by atoms with van der Waals surface area (Å²) in [6, 6.07) is 9.50. The first kappa shape index (κ1) is 14.7. The van der Waals surface area contributed by atoms with Crippen molar-refractivity contribution in [2.75, 3.05) is 6.54 Å².